The van der Waals surface area contributed by atoms with Gasteiger partial charge in [0.15, 0.2) is 0 Å². The monoisotopic (exact) mass is 834 g/mol. The molecule has 0 saturated carbocycles. The van der Waals surface area contributed by atoms with Gasteiger partial charge in [-0.2, -0.15) is 0 Å². The van der Waals surface area contributed by atoms with Crippen molar-refractivity contribution in [1.29, 1.82) is 0 Å². The Morgan fingerprint density at radius 1 is 0.714 bits per heavy atom. The zero-order valence-corrected chi connectivity index (χ0v) is 31.2. The van der Waals surface area contributed by atoms with Crippen molar-refractivity contribution in [3.63, 3.8) is 0 Å². The average Bonchev–Trinajstić information content (AvgIpc) is 3.60. The molecule has 3 nitrogen and oxygen atoms in total. The first-order valence-corrected chi connectivity index (χ1v) is 19.6. The topological polar surface area (TPSA) is 35.0 Å². The molecule has 0 unspecified atom stereocenters. The Morgan fingerprint density at radius 3 is 1.67 bits per heavy atom. The van der Waals surface area contributed by atoms with Crippen LogP contribution in [0.5, 0.6) is 0 Å². The van der Waals surface area contributed by atoms with E-state index in [9.17, 15) is 0 Å². The SMILES string of the molecule is C/C=C/c1ccc(-c2ccc(/C=C/C(C=C3COCC3=CCC)=C([C]#[Os])[P+](c3ccccc3)(c3ccccc3)c3ccccc3)cn2)nc1. The van der Waals surface area contributed by atoms with Crippen LogP contribution in [-0.2, 0) is 22.7 Å². The molecular weight excluding hydrogens is 794 g/mol. The number of benzene rings is 3. The molecule has 2 aromatic heterocycles. The minimum absolute atomic E-state index is 0.589. The Kier molecular flexibility index (Phi) is 11.7. The molecule has 49 heavy (non-hydrogen) atoms. The van der Waals surface area contributed by atoms with Crippen LogP contribution >= 0.6 is 7.26 Å². The molecule has 0 aliphatic carbocycles. The average molecular weight is 833 g/mol. The van der Waals surface area contributed by atoms with Crippen LogP contribution in [0.3, 0.4) is 0 Å². The Balaban J connectivity index is 1.56. The van der Waals surface area contributed by atoms with Crippen LogP contribution < -0.4 is 15.9 Å². The summed E-state index contributed by atoms with van der Waals surface area (Å²) >= 11 is 1.80. The van der Waals surface area contributed by atoms with E-state index in [0.29, 0.717) is 13.2 Å². The first kappa shape index (κ1) is 34.3. The van der Waals surface area contributed by atoms with Crippen LogP contribution in [0.25, 0.3) is 23.5 Å². The maximum atomic E-state index is 6.00. The van der Waals surface area contributed by atoms with E-state index in [1.165, 1.54) is 32.4 Å². The number of ether oxygens (including phenoxy) is 1. The van der Waals surface area contributed by atoms with E-state index in [4.69, 9.17) is 9.72 Å². The first-order chi connectivity index (χ1) is 24.2. The first-order valence-electron chi connectivity index (χ1n) is 16.5. The predicted molar refractivity (Wildman–Crippen MR) is 205 cm³/mol. The molecule has 1 fully saturated rings. The Morgan fingerprint density at radius 2 is 1.22 bits per heavy atom. The molecule has 1 aliphatic rings. The number of rotatable bonds is 10. The van der Waals surface area contributed by atoms with Gasteiger partial charge in [-0.05, 0) is 12.5 Å². The molecule has 6 rings (SSSR count). The molecule has 5 heteroatoms. The number of allylic oxidation sites excluding steroid dienone is 6. The van der Waals surface area contributed by atoms with Crippen LogP contribution in [0, 0.1) is 4.37 Å². The molecule has 0 spiro atoms. The normalized spacial score (nSPS) is 15.6. The Hall–Kier alpha value is -4.53. The number of hydrogen-bond donors (Lipinski definition) is 0. The van der Waals surface area contributed by atoms with Gasteiger partial charge < -0.3 is 0 Å². The molecular formula is C44H39N2OOsP+. The molecule has 3 aromatic carbocycles. The van der Waals surface area contributed by atoms with Gasteiger partial charge >= 0.3 is 278 Å². The van der Waals surface area contributed by atoms with Gasteiger partial charge in [0.25, 0.3) is 0 Å². The van der Waals surface area contributed by atoms with Crippen LogP contribution in [0.4, 0.5) is 0 Å². The van der Waals surface area contributed by atoms with Crippen LogP contribution in [0.1, 0.15) is 31.4 Å². The third-order valence-corrected chi connectivity index (χ3v) is 13.9. The van der Waals surface area contributed by atoms with E-state index in [0.717, 1.165) is 34.5 Å². The van der Waals surface area contributed by atoms with Gasteiger partial charge in [0.2, 0.25) is 0 Å². The summed E-state index contributed by atoms with van der Waals surface area (Å²) in [5, 5.41) is 5.06. The van der Waals surface area contributed by atoms with E-state index in [-0.39, 0.29) is 0 Å². The van der Waals surface area contributed by atoms with E-state index in [1.807, 2.05) is 43.6 Å². The second-order valence-corrected chi connectivity index (χ2v) is 15.6. The number of nitrogens with zero attached hydrogens (tertiary/aromatic N) is 2. The van der Waals surface area contributed by atoms with Gasteiger partial charge in [0.1, 0.15) is 0 Å². The molecule has 0 N–H and O–H groups in total. The minimum atomic E-state index is -2.40. The van der Waals surface area contributed by atoms with Crippen molar-refractivity contribution in [3.8, 4) is 15.8 Å². The van der Waals surface area contributed by atoms with E-state index in [2.05, 4.69) is 144 Å². The van der Waals surface area contributed by atoms with Crippen molar-refractivity contribution in [1.82, 2.24) is 9.97 Å². The Labute approximate surface area is 300 Å². The van der Waals surface area contributed by atoms with Crippen molar-refractivity contribution in [2.24, 2.45) is 0 Å². The standard InChI is InChI=1S/C44H39N2OP.Os/c1-4-15-35-24-27-43(45-30-35)44-28-25-36(31-46-44)23-26-37(29-39-33-47-32-38(39)16-5-2)34(3)48(40-17-9-6-10-18-40,41-19-11-7-12-20-41)42-21-13-8-14-22-42;/h4,6-31H,5,32-33H2,1-2H3;/q+1;/b15-4+,26-23+,37-34?,38-16?,39-29?;. The van der Waals surface area contributed by atoms with Crippen molar-refractivity contribution >= 4 is 35.3 Å². The quantitative estimate of drug-likeness (QED) is 0.104. The molecule has 5 aromatic rings. The van der Waals surface area contributed by atoms with Gasteiger partial charge in [-0.1, -0.05) is 12.2 Å². The second kappa shape index (κ2) is 16.7. The Bertz CT molecular complexity index is 1960. The van der Waals surface area contributed by atoms with Crippen molar-refractivity contribution < 1.29 is 22.7 Å². The van der Waals surface area contributed by atoms with E-state index in [1.54, 1.807) is 17.9 Å². The molecule has 243 valence electrons. The maximum absolute atomic E-state index is 6.00. The summed E-state index contributed by atoms with van der Waals surface area (Å²) in [4.78, 5) is 9.43. The summed E-state index contributed by atoms with van der Waals surface area (Å²) < 4.78 is 9.81. The molecule has 0 bridgehead atoms. The van der Waals surface area contributed by atoms with Gasteiger partial charge in [0, 0.05) is 0 Å². The molecule has 3 heterocycles. The van der Waals surface area contributed by atoms with E-state index >= 15 is 0 Å². The van der Waals surface area contributed by atoms with Gasteiger partial charge in [-0.3, -0.25) is 0 Å². The number of hydrogen-bond acceptors (Lipinski definition) is 3. The predicted octanol–water partition coefficient (Wildman–Crippen LogP) is 9.24. The summed E-state index contributed by atoms with van der Waals surface area (Å²) in [7, 11) is -2.40. The van der Waals surface area contributed by atoms with Crippen LogP contribution in [0.15, 0.2) is 174 Å². The fourth-order valence-electron chi connectivity index (χ4n) is 6.19. The van der Waals surface area contributed by atoms with Crippen molar-refractivity contribution in [2.75, 3.05) is 13.2 Å². The zero-order valence-electron chi connectivity index (χ0n) is 27.8. The second-order valence-electron chi connectivity index (χ2n) is 11.7. The van der Waals surface area contributed by atoms with Crippen molar-refractivity contribution in [3.05, 3.63) is 185 Å². The van der Waals surface area contributed by atoms with Gasteiger partial charge in [-0.25, -0.2) is 0 Å². The molecule has 0 amide bonds. The third kappa shape index (κ3) is 7.71. The molecule has 0 atom stereocenters. The van der Waals surface area contributed by atoms with Gasteiger partial charge in [-0.15, -0.1) is 0 Å². The van der Waals surface area contributed by atoms with Crippen LogP contribution in [-0.4, -0.2) is 23.2 Å². The molecule has 1 saturated heterocycles. The summed E-state index contributed by atoms with van der Waals surface area (Å²) in [6.45, 7) is 5.41. The fraction of sp³-hybridized carbons (Fsp3) is 0.114. The summed E-state index contributed by atoms with van der Waals surface area (Å²) in [6.07, 6.45) is 17.9. The van der Waals surface area contributed by atoms with Crippen LogP contribution in [0.2, 0.25) is 0 Å². The van der Waals surface area contributed by atoms with Crippen molar-refractivity contribution in [2.45, 2.75) is 20.3 Å². The number of aromatic nitrogens is 2. The van der Waals surface area contributed by atoms with E-state index < -0.39 is 7.26 Å². The fourth-order valence-corrected chi connectivity index (χ4v) is 12.0. The van der Waals surface area contributed by atoms with Gasteiger partial charge in [0.05, 0.1) is 0 Å². The summed E-state index contributed by atoms with van der Waals surface area (Å²) in [5.41, 5.74) is 7.38. The summed E-state index contributed by atoms with van der Waals surface area (Å²) in [6, 6.07) is 41.2. The number of pyridine rings is 2. The molecule has 0 radical (unpaired) electrons. The molecule has 1 aliphatic heterocycles. The third-order valence-electron chi connectivity index (χ3n) is 8.48. The zero-order chi connectivity index (χ0) is 33.9. The summed E-state index contributed by atoms with van der Waals surface area (Å²) in [5.74, 6) is 0.